The fourth-order valence-electron chi connectivity index (χ4n) is 2.23. The highest BCUT2D eigenvalue weighted by molar-refractivity contribution is 6.31. The first-order valence-corrected chi connectivity index (χ1v) is 5.80. The van der Waals surface area contributed by atoms with Crippen LogP contribution in [-0.4, -0.2) is 9.97 Å². The van der Waals surface area contributed by atoms with Crippen molar-refractivity contribution in [3.05, 3.63) is 23.0 Å². The predicted octanol–water partition coefficient (Wildman–Crippen LogP) is 3.31. The van der Waals surface area contributed by atoms with Gasteiger partial charge in [-0.15, -0.1) is 0 Å². The number of nitrogens with one attached hydrogen (secondary N) is 1. The van der Waals surface area contributed by atoms with Crippen LogP contribution in [0.3, 0.4) is 0 Å². The van der Waals surface area contributed by atoms with Gasteiger partial charge in [-0.3, -0.25) is 0 Å². The van der Waals surface area contributed by atoms with Crippen LogP contribution >= 0.6 is 11.6 Å². The van der Waals surface area contributed by atoms with Crippen LogP contribution in [0, 0.1) is 5.41 Å². The molecule has 84 valence electrons. The highest BCUT2D eigenvalue weighted by Gasteiger charge is 2.48. The van der Waals surface area contributed by atoms with Crippen molar-refractivity contribution >= 4 is 28.3 Å². The van der Waals surface area contributed by atoms with Crippen LogP contribution in [0.1, 0.15) is 32.0 Å². The monoisotopic (exact) mass is 235 g/mol. The molecule has 0 bridgehead atoms. The molecule has 1 aromatic heterocycles. The number of halogens is 1. The first kappa shape index (κ1) is 9.97. The summed E-state index contributed by atoms with van der Waals surface area (Å²) in [4.78, 5) is 7.89. The number of nitrogen functional groups attached to an aromatic ring is 1. The highest BCUT2D eigenvalue weighted by Crippen LogP contribution is 2.57. The topological polar surface area (TPSA) is 54.7 Å². The van der Waals surface area contributed by atoms with Crippen LogP contribution in [0.15, 0.2) is 12.1 Å². The number of fused-ring (bicyclic) bond motifs is 1. The minimum Gasteiger partial charge on any atom is -0.397 e. The Hall–Kier alpha value is -1.22. The SMILES string of the molecule is CC1(C)CC1c1nc2c(N)cc(Cl)cc2[nH]1. The van der Waals surface area contributed by atoms with Crippen molar-refractivity contribution in [1.82, 2.24) is 9.97 Å². The molecule has 1 saturated carbocycles. The molecule has 1 atom stereocenters. The second-order valence-electron chi connectivity index (χ2n) is 5.26. The molecule has 1 aromatic carbocycles. The third-order valence-electron chi connectivity index (χ3n) is 3.44. The molecule has 1 unspecified atom stereocenters. The molecule has 1 aliphatic rings. The van der Waals surface area contributed by atoms with Gasteiger partial charge >= 0.3 is 0 Å². The van der Waals surface area contributed by atoms with Crippen LogP contribution in [0.2, 0.25) is 5.02 Å². The average Bonchev–Trinajstić information content (AvgIpc) is 2.64. The minimum absolute atomic E-state index is 0.367. The molecular formula is C12H14ClN3. The van der Waals surface area contributed by atoms with E-state index in [1.54, 1.807) is 6.07 Å². The molecule has 1 fully saturated rings. The number of imidazole rings is 1. The summed E-state index contributed by atoms with van der Waals surface area (Å²) in [6.45, 7) is 4.50. The van der Waals surface area contributed by atoms with Crippen molar-refractivity contribution in [2.75, 3.05) is 5.73 Å². The Morgan fingerprint density at radius 3 is 2.81 bits per heavy atom. The summed E-state index contributed by atoms with van der Waals surface area (Å²) >= 11 is 5.96. The van der Waals surface area contributed by atoms with Gasteiger partial charge in [0.15, 0.2) is 0 Å². The second-order valence-corrected chi connectivity index (χ2v) is 5.69. The van der Waals surface area contributed by atoms with Crippen molar-refractivity contribution in [3.8, 4) is 0 Å². The van der Waals surface area contributed by atoms with Gasteiger partial charge in [0, 0.05) is 10.9 Å². The Morgan fingerprint density at radius 1 is 1.50 bits per heavy atom. The molecule has 1 heterocycles. The summed E-state index contributed by atoms with van der Waals surface area (Å²) in [5.41, 5.74) is 8.67. The van der Waals surface area contributed by atoms with Crippen LogP contribution < -0.4 is 5.73 Å². The molecule has 16 heavy (non-hydrogen) atoms. The van der Waals surface area contributed by atoms with E-state index in [0.29, 0.717) is 22.0 Å². The normalized spacial score (nSPS) is 22.6. The second kappa shape index (κ2) is 2.92. The summed E-state index contributed by atoms with van der Waals surface area (Å²) in [5, 5.41) is 0.648. The van der Waals surface area contributed by atoms with Crippen LogP contribution in [0.25, 0.3) is 11.0 Å². The molecule has 3 nitrogen and oxygen atoms in total. The number of H-pyrrole nitrogens is 1. The lowest BCUT2D eigenvalue weighted by Gasteiger charge is -1.97. The zero-order valence-electron chi connectivity index (χ0n) is 9.34. The number of hydrogen-bond acceptors (Lipinski definition) is 2. The third-order valence-corrected chi connectivity index (χ3v) is 3.66. The molecule has 3 N–H and O–H groups in total. The molecule has 0 aliphatic heterocycles. The third kappa shape index (κ3) is 1.39. The molecule has 3 rings (SSSR count). The maximum Gasteiger partial charge on any atom is 0.112 e. The van der Waals surface area contributed by atoms with Crippen molar-refractivity contribution in [1.29, 1.82) is 0 Å². The molecule has 2 aromatic rings. The molecule has 4 heteroatoms. The Kier molecular flexibility index (Phi) is 1.82. The fourth-order valence-corrected chi connectivity index (χ4v) is 2.45. The van der Waals surface area contributed by atoms with Gasteiger partial charge in [-0.1, -0.05) is 25.4 Å². The summed E-state index contributed by atoms with van der Waals surface area (Å²) < 4.78 is 0. The Labute approximate surface area is 99.0 Å². The van der Waals surface area contributed by atoms with E-state index in [4.69, 9.17) is 17.3 Å². The lowest BCUT2D eigenvalue weighted by atomic mass is 10.1. The lowest BCUT2D eigenvalue weighted by Crippen LogP contribution is -1.91. The van der Waals surface area contributed by atoms with E-state index in [1.165, 1.54) is 6.42 Å². The first-order chi connectivity index (χ1) is 7.47. The van der Waals surface area contributed by atoms with Gasteiger partial charge in [0.05, 0.1) is 11.2 Å². The largest absolute Gasteiger partial charge is 0.397 e. The van der Waals surface area contributed by atoms with E-state index in [-0.39, 0.29) is 0 Å². The van der Waals surface area contributed by atoms with E-state index >= 15 is 0 Å². The Morgan fingerprint density at radius 2 is 2.19 bits per heavy atom. The number of nitrogens with two attached hydrogens (primary N) is 1. The van der Waals surface area contributed by atoms with Gasteiger partial charge in [0.2, 0.25) is 0 Å². The zero-order chi connectivity index (χ0) is 11.5. The number of aromatic nitrogens is 2. The summed E-state index contributed by atoms with van der Waals surface area (Å²) in [7, 11) is 0. The molecular weight excluding hydrogens is 222 g/mol. The van der Waals surface area contributed by atoms with Gasteiger partial charge in [-0.2, -0.15) is 0 Å². The van der Waals surface area contributed by atoms with Crippen LogP contribution in [0.5, 0.6) is 0 Å². The first-order valence-electron chi connectivity index (χ1n) is 5.42. The van der Waals surface area contributed by atoms with Gasteiger partial charge in [0.1, 0.15) is 11.3 Å². The summed E-state index contributed by atoms with van der Waals surface area (Å²) in [6.07, 6.45) is 1.18. The van der Waals surface area contributed by atoms with E-state index < -0.39 is 0 Å². The van der Waals surface area contributed by atoms with E-state index in [9.17, 15) is 0 Å². The standard InChI is InChI=1S/C12H14ClN3/c1-12(2)5-7(12)11-15-9-4-6(13)3-8(14)10(9)16-11/h3-4,7H,5,14H2,1-2H3,(H,15,16). The lowest BCUT2D eigenvalue weighted by molar-refractivity contribution is 0.612. The Bertz CT molecular complexity index is 571. The summed E-state index contributed by atoms with van der Waals surface area (Å²) in [6, 6.07) is 3.62. The smallest absolute Gasteiger partial charge is 0.112 e. The van der Waals surface area contributed by atoms with Crippen molar-refractivity contribution in [3.63, 3.8) is 0 Å². The van der Waals surface area contributed by atoms with Gasteiger partial charge in [-0.05, 0) is 24.0 Å². The predicted molar refractivity (Wildman–Crippen MR) is 66.7 cm³/mol. The van der Waals surface area contributed by atoms with E-state index in [0.717, 1.165) is 16.9 Å². The fraction of sp³-hybridized carbons (Fsp3) is 0.417. The molecule has 0 amide bonds. The molecule has 0 saturated heterocycles. The number of aromatic amines is 1. The van der Waals surface area contributed by atoms with Gasteiger partial charge < -0.3 is 10.7 Å². The van der Waals surface area contributed by atoms with Crippen molar-refractivity contribution in [2.24, 2.45) is 5.41 Å². The summed E-state index contributed by atoms with van der Waals surface area (Å²) in [5.74, 6) is 1.56. The van der Waals surface area contributed by atoms with Crippen LogP contribution in [0.4, 0.5) is 5.69 Å². The van der Waals surface area contributed by atoms with E-state index in [1.807, 2.05) is 6.07 Å². The number of rotatable bonds is 1. The number of nitrogens with zero attached hydrogens (tertiary/aromatic N) is 1. The van der Waals surface area contributed by atoms with Crippen molar-refractivity contribution in [2.45, 2.75) is 26.2 Å². The number of hydrogen-bond donors (Lipinski definition) is 2. The maximum atomic E-state index is 5.96. The molecule has 0 spiro atoms. The highest BCUT2D eigenvalue weighted by atomic mass is 35.5. The maximum absolute atomic E-state index is 5.96. The van der Waals surface area contributed by atoms with E-state index in [2.05, 4.69) is 23.8 Å². The molecule has 0 radical (unpaired) electrons. The van der Waals surface area contributed by atoms with Crippen LogP contribution in [-0.2, 0) is 0 Å². The quantitative estimate of drug-likeness (QED) is 0.745. The zero-order valence-corrected chi connectivity index (χ0v) is 10.1. The van der Waals surface area contributed by atoms with Gasteiger partial charge in [0.25, 0.3) is 0 Å². The average molecular weight is 236 g/mol. The molecule has 1 aliphatic carbocycles. The Balaban J connectivity index is 2.13. The minimum atomic E-state index is 0.367. The number of anilines is 1. The number of benzene rings is 1. The van der Waals surface area contributed by atoms with Gasteiger partial charge in [-0.25, -0.2) is 4.98 Å². The van der Waals surface area contributed by atoms with Crippen molar-refractivity contribution < 1.29 is 0 Å².